The molecule has 1 aliphatic rings. The molecule has 1 rings (SSSR count). The smallest absolute Gasteiger partial charge is 0.237 e. The van der Waals surface area contributed by atoms with Crippen LogP contribution in [0.3, 0.4) is 0 Å². The van der Waals surface area contributed by atoms with Crippen molar-refractivity contribution >= 4 is 17.7 Å². The van der Waals surface area contributed by atoms with Crippen LogP contribution in [0.15, 0.2) is 0 Å². The first kappa shape index (κ1) is 15.8. The molecule has 5 heteroatoms. The quantitative estimate of drug-likeness (QED) is 0.653. The zero-order valence-electron chi connectivity index (χ0n) is 11.6. The molecule has 0 radical (unpaired) electrons. The van der Waals surface area contributed by atoms with Gasteiger partial charge in [0.05, 0.1) is 5.54 Å². The molecule has 4 nitrogen and oxygen atoms in total. The Balaban J connectivity index is 2.57. The van der Waals surface area contributed by atoms with Gasteiger partial charge in [-0.05, 0) is 39.5 Å². The van der Waals surface area contributed by atoms with E-state index in [0.29, 0.717) is 10.5 Å². The topological polar surface area (TPSA) is 75.3 Å². The van der Waals surface area contributed by atoms with Gasteiger partial charge in [-0.3, -0.25) is 4.79 Å². The highest BCUT2D eigenvalue weighted by Gasteiger charge is 2.44. The molecule has 0 bridgehead atoms. The van der Waals surface area contributed by atoms with Crippen LogP contribution in [0, 0.1) is 0 Å². The van der Waals surface area contributed by atoms with E-state index >= 15 is 0 Å². The van der Waals surface area contributed by atoms with E-state index < -0.39 is 5.54 Å². The molecule has 0 aromatic heterocycles. The fraction of sp³-hybridized carbons (Fsp3) is 0.923. The highest BCUT2D eigenvalue weighted by Crippen LogP contribution is 2.39. The summed E-state index contributed by atoms with van der Waals surface area (Å²) in [6.45, 7) is 6.44. The molecule has 106 valence electrons. The van der Waals surface area contributed by atoms with Gasteiger partial charge in [0.2, 0.25) is 5.91 Å². The van der Waals surface area contributed by atoms with E-state index in [4.69, 9.17) is 10.8 Å². The SMILES string of the molecule is CC(C)NC1(C(N)=O)CCC(SC(C)CCO)C1. The average Bonchev–Trinajstić information content (AvgIpc) is 2.61. The van der Waals surface area contributed by atoms with Crippen molar-refractivity contribution in [2.75, 3.05) is 6.61 Å². The highest BCUT2D eigenvalue weighted by molar-refractivity contribution is 8.00. The van der Waals surface area contributed by atoms with E-state index in [2.05, 4.69) is 12.2 Å². The number of thioether (sulfide) groups is 1. The summed E-state index contributed by atoms with van der Waals surface area (Å²) in [4.78, 5) is 11.7. The standard InChI is InChI=1S/C13H26N2O2S/c1-9(2)15-13(12(14)17)6-4-11(8-13)18-10(3)5-7-16/h9-11,15-16H,4-8H2,1-3H3,(H2,14,17). The van der Waals surface area contributed by atoms with Crippen molar-refractivity contribution in [1.82, 2.24) is 5.32 Å². The van der Waals surface area contributed by atoms with E-state index in [1.165, 1.54) is 0 Å². The predicted molar refractivity (Wildman–Crippen MR) is 76.6 cm³/mol. The lowest BCUT2D eigenvalue weighted by atomic mass is 9.96. The van der Waals surface area contributed by atoms with Crippen molar-refractivity contribution in [2.24, 2.45) is 5.73 Å². The van der Waals surface area contributed by atoms with Gasteiger partial charge in [0.1, 0.15) is 0 Å². The van der Waals surface area contributed by atoms with Crippen molar-refractivity contribution in [1.29, 1.82) is 0 Å². The Morgan fingerprint density at radius 1 is 1.56 bits per heavy atom. The summed E-state index contributed by atoms with van der Waals surface area (Å²) in [5.41, 5.74) is 5.06. The van der Waals surface area contributed by atoms with Gasteiger partial charge in [0.15, 0.2) is 0 Å². The van der Waals surface area contributed by atoms with Gasteiger partial charge in [-0.2, -0.15) is 11.8 Å². The largest absolute Gasteiger partial charge is 0.396 e. The molecule has 0 saturated heterocycles. The molecule has 0 aliphatic heterocycles. The lowest BCUT2D eigenvalue weighted by Gasteiger charge is -2.29. The first-order valence-corrected chi connectivity index (χ1v) is 7.68. The third-order valence-corrected chi connectivity index (χ3v) is 4.95. The van der Waals surface area contributed by atoms with E-state index in [-0.39, 0.29) is 18.6 Å². The monoisotopic (exact) mass is 274 g/mol. The zero-order valence-corrected chi connectivity index (χ0v) is 12.4. The Labute approximate surface area is 114 Å². The van der Waals surface area contributed by atoms with E-state index in [9.17, 15) is 4.79 Å². The maximum absolute atomic E-state index is 11.7. The van der Waals surface area contributed by atoms with Crippen molar-refractivity contribution in [2.45, 2.75) is 68.5 Å². The van der Waals surface area contributed by atoms with Crippen molar-refractivity contribution in [3.05, 3.63) is 0 Å². The second-order valence-electron chi connectivity index (χ2n) is 5.57. The van der Waals surface area contributed by atoms with Crippen molar-refractivity contribution in [3.8, 4) is 0 Å². The molecule has 3 atom stereocenters. The maximum Gasteiger partial charge on any atom is 0.237 e. The Morgan fingerprint density at radius 2 is 2.22 bits per heavy atom. The van der Waals surface area contributed by atoms with Crippen LogP contribution in [-0.4, -0.2) is 39.7 Å². The Kier molecular flexibility index (Phi) is 5.95. The molecule has 18 heavy (non-hydrogen) atoms. The van der Waals surface area contributed by atoms with Crippen LogP contribution in [-0.2, 0) is 4.79 Å². The first-order valence-electron chi connectivity index (χ1n) is 6.73. The minimum absolute atomic E-state index is 0.228. The third-order valence-electron chi connectivity index (χ3n) is 3.47. The van der Waals surface area contributed by atoms with Crippen LogP contribution in [0.25, 0.3) is 0 Å². The molecule has 3 unspecified atom stereocenters. The Hall–Kier alpha value is -0.260. The molecular formula is C13H26N2O2S. The Bertz CT molecular complexity index is 286. The van der Waals surface area contributed by atoms with Gasteiger partial charge in [-0.15, -0.1) is 0 Å². The van der Waals surface area contributed by atoms with Gasteiger partial charge in [-0.25, -0.2) is 0 Å². The summed E-state index contributed by atoms with van der Waals surface area (Å²) in [6.07, 6.45) is 3.45. The number of primary amides is 1. The van der Waals surface area contributed by atoms with Crippen molar-refractivity contribution in [3.63, 3.8) is 0 Å². The van der Waals surface area contributed by atoms with Crippen LogP contribution in [0.5, 0.6) is 0 Å². The number of aliphatic hydroxyl groups is 1. The van der Waals surface area contributed by atoms with E-state index in [1.54, 1.807) is 0 Å². The van der Waals surface area contributed by atoms with Gasteiger partial charge in [-0.1, -0.05) is 6.92 Å². The predicted octanol–water partition coefficient (Wildman–Crippen LogP) is 1.27. The number of carbonyl (C=O) groups excluding carboxylic acids is 1. The minimum Gasteiger partial charge on any atom is -0.396 e. The minimum atomic E-state index is -0.523. The number of hydrogen-bond acceptors (Lipinski definition) is 4. The number of nitrogens with one attached hydrogen (secondary N) is 1. The van der Waals surface area contributed by atoms with Crippen LogP contribution >= 0.6 is 11.8 Å². The first-order chi connectivity index (χ1) is 8.39. The lowest BCUT2D eigenvalue weighted by molar-refractivity contribution is -0.124. The number of rotatable bonds is 7. The zero-order chi connectivity index (χ0) is 13.8. The summed E-state index contributed by atoms with van der Waals surface area (Å²) >= 11 is 1.87. The number of amides is 1. The molecule has 0 heterocycles. The van der Waals surface area contributed by atoms with E-state index in [1.807, 2.05) is 25.6 Å². The molecule has 0 aromatic carbocycles. The summed E-state index contributed by atoms with van der Waals surface area (Å²) in [7, 11) is 0. The number of nitrogens with two attached hydrogens (primary N) is 1. The Morgan fingerprint density at radius 3 is 2.72 bits per heavy atom. The lowest BCUT2D eigenvalue weighted by Crippen LogP contribution is -2.56. The third kappa shape index (κ3) is 4.14. The van der Waals surface area contributed by atoms with Crippen LogP contribution in [0.1, 0.15) is 46.5 Å². The number of hydrogen-bond donors (Lipinski definition) is 3. The fourth-order valence-corrected chi connectivity index (χ4v) is 4.21. The summed E-state index contributed by atoms with van der Waals surface area (Å²) in [5.74, 6) is -0.228. The van der Waals surface area contributed by atoms with Gasteiger partial charge in [0.25, 0.3) is 0 Å². The van der Waals surface area contributed by atoms with Crippen LogP contribution in [0.2, 0.25) is 0 Å². The maximum atomic E-state index is 11.7. The van der Waals surface area contributed by atoms with Crippen LogP contribution in [0.4, 0.5) is 0 Å². The molecule has 4 N–H and O–H groups in total. The summed E-state index contributed by atoms with van der Waals surface area (Å²) in [5, 5.41) is 13.2. The second-order valence-corrected chi connectivity index (χ2v) is 7.31. The van der Waals surface area contributed by atoms with E-state index in [0.717, 1.165) is 25.7 Å². The van der Waals surface area contributed by atoms with Gasteiger partial charge >= 0.3 is 0 Å². The normalized spacial score (nSPS) is 29.7. The molecule has 1 amide bonds. The average molecular weight is 274 g/mol. The fourth-order valence-electron chi connectivity index (χ4n) is 2.67. The molecular weight excluding hydrogens is 248 g/mol. The van der Waals surface area contributed by atoms with Gasteiger partial charge < -0.3 is 16.2 Å². The second kappa shape index (κ2) is 6.78. The highest BCUT2D eigenvalue weighted by atomic mass is 32.2. The molecule has 0 aromatic rings. The van der Waals surface area contributed by atoms with Gasteiger partial charge in [0, 0.05) is 23.1 Å². The molecule has 0 spiro atoms. The molecule has 1 aliphatic carbocycles. The number of aliphatic hydroxyl groups excluding tert-OH is 1. The van der Waals surface area contributed by atoms with Crippen molar-refractivity contribution < 1.29 is 9.90 Å². The number of carbonyl (C=O) groups is 1. The summed E-state index contributed by atoms with van der Waals surface area (Å²) < 4.78 is 0. The molecule has 1 saturated carbocycles. The summed E-state index contributed by atoms with van der Waals surface area (Å²) in [6, 6.07) is 0.260. The van der Waals surface area contributed by atoms with Crippen LogP contribution < -0.4 is 11.1 Å². The molecule has 1 fully saturated rings.